The number of hydrogen-bond acceptors (Lipinski definition) is 2. The van der Waals surface area contributed by atoms with Crippen molar-refractivity contribution < 1.29 is 36.7 Å². The highest BCUT2D eigenvalue weighted by Crippen LogP contribution is 2.44. The van der Waals surface area contributed by atoms with Gasteiger partial charge in [0.15, 0.2) is 11.6 Å². The predicted octanol–water partition coefficient (Wildman–Crippen LogP) is 7.07. The van der Waals surface area contributed by atoms with Crippen LogP contribution >= 0.6 is 19.2 Å². The number of hydrogen-bond donors (Lipinski definition) is 2. The van der Waals surface area contributed by atoms with Gasteiger partial charge in [0.25, 0.3) is 0 Å². The minimum absolute atomic E-state index is 0.0936. The summed E-state index contributed by atoms with van der Waals surface area (Å²) in [5.74, 6) is -3.06. The van der Waals surface area contributed by atoms with Gasteiger partial charge in [0.1, 0.15) is 12.5 Å². The maximum absolute atomic E-state index is 14.7. The van der Waals surface area contributed by atoms with E-state index in [2.05, 4.69) is 6.92 Å². The van der Waals surface area contributed by atoms with Gasteiger partial charge in [-0.05, 0) is 49.1 Å². The van der Waals surface area contributed by atoms with Crippen molar-refractivity contribution >= 4 is 19.2 Å². The van der Waals surface area contributed by atoms with Gasteiger partial charge in [0, 0.05) is 0 Å². The minimum Gasteiger partial charge on any atom is -0.490 e. The monoisotopic (exact) mass is 488 g/mol. The van der Waals surface area contributed by atoms with E-state index in [0.29, 0.717) is 11.5 Å². The lowest BCUT2D eigenvalue weighted by Gasteiger charge is -2.29. The van der Waals surface area contributed by atoms with Gasteiger partial charge in [0.2, 0.25) is 0 Å². The molecule has 1 atom stereocenters. The molecule has 0 unspecified atom stereocenters. The second kappa shape index (κ2) is 11.4. The van der Waals surface area contributed by atoms with E-state index in [0.717, 1.165) is 25.7 Å². The standard InChI is InChI=1S/C21H30ClF4O4P/c1-2-3-4-5-14-6-8-15(9-7-14)17-10-11-18(20(23)19(17)22)30-12-16(21(24,25)26)13-31(27,28)29/h10-11,14-16H,2-9,12-13H2,1H3,(H2,27,28,29)/t14?,15?,16-/m1/s1. The molecular formula is C21H30ClF4O4P. The molecule has 10 heteroatoms. The summed E-state index contributed by atoms with van der Waals surface area (Å²) in [5.41, 5.74) is 0.626. The summed E-state index contributed by atoms with van der Waals surface area (Å²) in [6.07, 6.45) is 2.36. The lowest BCUT2D eigenvalue weighted by atomic mass is 9.77. The number of alkyl halides is 3. The molecule has 0 bridgehead atoms. The molecule has 31 heavy (non-hydrogen) atoms. The first-order valence-electron chi connectivity index (χ1n) is 10.6. The molecule has 1 saturated carbocycles. The molecule has 0 heterocycles. The molecule has 178 valence electrons. The Balaban J connectivity index is 2.01. The maximum atomic E-state index is 14.7. The average Bonchev–Trinajstić information content (AvgIpc) is 2.67. The fraction of sp³-hybridized carbons (Fsp3) is 0.714. The van der Waals surface area contributed by atoms with Gasteiger partial charge >= 0.3 is 13.8 Å². The Morgan fingerprint density at radius 2 is 1.84 bits per heavy atom. The van der Waals surface area contributed by atoms with Crippen molar-refractivity contribution in [1.29, 1.82) is 0 Å². The van der Waals surface area contributed by atoms with Gasteiger partial charge in [-0.2, -0.15) is 13.2 Å². The van der Waals surface area contributed by atoms with Crippen LogP contribution in [0.3, 0.4) is 0 Å². The zero-order valence-corrected chi connectivity index (χ0v) is 19.2. The van der Waals surface area contributed by atoms with Gasteiger partial charge < -0.3 is 14.5 Å². The number of rotatable bonds is 10. The Hall–Kier alpha value is -0.820. The van der Waals surface area contributed by atoms with Crippen LogP contribution in [0.1, 0.15) is 69.8 Å². The number of halogens is 5. The van der Waals surface area contributed by atoms with E-state index >= 15 is 0 Å². The Kier molecular flexibility index (Phi) is 9.68. The number of unbranched alkanes of at least 4 members (excludes halogenated alkanes) is 2. The van der Waals surface area contributed by atoms with Crippen LogP contribution in [-0.2, 0) is 4.57 Å². The quantitative estimate of drug-likeness (QED) is 0.210. The van der Waals surface area contributed by atoms with Crippen LogP contribution in [-0.4, -0.2) is 28.7 Å². The van der Waals surface area contributed by atoms with Crippen molar-refractivity contribution in [2.75, 3.05) is 12.8 Å². The Labute approximate surface area is 185 Å². The van der Waals surface area contributed by atoms with Crippen LogP contribution in [0.25, 0.3) is 0 Å². The summed E-state index contributed by atoms with van der Waals surface area (Å²) in [7, 11) is -4.92. The second-order valence-corrected chi connectivity index (χ2v) is 10.5. The van der Waals surface area contributed by atoms with Crippen LogP contribution < -0.4 is 4.74 Å². The molecule has 2 N–H and O–H groups in total. The normalized spacial score (nSPS) is 21.2. The molecular weight excluding hydrogens is 459 g/mol. The Bertz CT molecular complexity index is 760. The third kappa shape index (κ3) is 8.23. The highest BCUT2D eigenvalue weighted by atomic mass is 35.5. The third-order valence-electron chi connectivity index (χ3n) is 5.94. The smallest absolute Gasteiger partial charge is 0.395 e. The molecule has 1 aromatic rings. The van der Waals surface area contributed by atoms with Gasteiger partial charge in [-0.15, -0.1) is 0 Å². The number of ether oxygens (including phenoxy) is 1. The first-order chi connectivity index (χ1) is 14.4. The minimum atomic E-state index is -4.92. The van der Waals surface area contributed by atoms with E-state index in [-0.39, 0.29) is 10.9 Å². The van der Waals surface area contributed by atoms with Crippen LogP contribution in [0.2, 0.25) is 5.02 Å². The van der Waals surface area contributed by atoms with Crippen molar-refractivity contribution in [3.63, 3.8) is 0 Å². The van der Waals surface area contributed by atoms with Gasteiger partial charge in [0.05, 0.1) is 11.2 Å². The second-order valence-electron chi connectivity index (χ2n) is 8.39. The third-order valence-corrected chi connectivity index (χ3v) is 7.24. The molecule has 1 aromatic carbocycles. The van der Waals surface area contributed by atoms with Crippen molar-refractivity contribution in [1.82, 2.24) is 0 Å². The van der Waals surface area contributed by atoms with E-state index in [9.17, 15) is 22.1 Å². The summed E-state index contributed by atoms with van der Waals surface area (Å²) >= 11 is 6.18. The van der Waals surface area contributed by atoms with Crippen molar-refractivity contribution in [3.05, 3.63) is 28.5 Å². The maximum Gasteiger partial charge on any atom is 0.395 e. The summed E-state index contributed by atoms with van der Waals surface area (Å²) < 4.78 is 69.7. The zero-order valence-electron chi connectivity index (χ0n) is 17.5. The van der Waals surface area contributed by atoms with Gasteiger partial charge in [-0.25, -0.2) is 4.39 Å². The van der Waals surface area contributed by atoms with Crippen LogP contribution in [0.4, 0.5) is 17.6 Å². The summed E-state index contributed by atoms with van der Waals surface area (Å²) in [5, 5.41) is -0.162. The highest BCUT2D eigenvalue weighted by Gasteiger charge is 2.44. The summed E-state index contributed by atoms with van der Waals surface area (Å²) in [4.78, 5) is 17.7. The average molecular weight is 489 g/mol. The topological polar surface area (TPSA) is 66.8 Å². The summed E-state index contributed by atoms with van der Waals surface area (Å²) in [6.45, 7) is 1.06. The first kappa shape index (κ1) is 26.4. The fourth-order valence-electron chi connectivity index (χ4n) is 4.15. The van der Waals surface area contributed by atoms with Crippen LogP contribution in [0, 0.1) is 17.7 Å². The molecule has 1 aliphatic rings. The first-order valence-corrected chi connectivity index (χ1v) is 12.8. The fourth-order valence-corrected chi connectivity index (χ4v) is 5.34. The largest absolute Gasteiger partial charge is 0.490 e. The Morgan fingerprint density at radius 3 is 2.39 bits per heavy atom. The van der Waals surface area contributed by atoms with Crippen molar-refractivity contribution in [2.24, 2.45) is 11.8 Å². The van der Waals surface area contributed by atoms with Crippen molar-refractivity contribution in [2.45, 2.75) is 70.4 Å². The van der Waals surface area contributed by atoms with E-state index in [4.69, 9.17) is 26.1 Å². The van der Waals surface area contributed by atoms with E-state index < -0.39 is 44.0 Å². The molecule has 0 spiro atoms. The molecule has 0 amide bonds. The zero-order chi connectivity index (χ0) is 23.2. The van der Waals surface area contributed by atoms with E-state index in [1.807, 2.05) is 0 Å². The molecule has 0 radical (unpaired) electrons. The SMILES string of the molecule is CCCCCC1CCC(c2ccc(OC[C@H](CP(=O)(O)O)C(F)(F)F)c(F)c2Cl)CC1. The highest BCUT2D eigenvalue weighted by molar-refractivity contribution is 7.51. The molecule has 1 fully saturated rings. The molecule has 1 aliphatic carbocycles. The van der Waals surface area contributed by atoms with E-state index in [1.165, 1.54) is 31.7 Å². The Morgan fingerprint density at radius 1 is 1.19 bits per heavy atom. The van der Waals surface area contributed by atoms with Crippen LogP contribution in [0.5, 0.6) is 5.75 Å². The lowest BCUT2D eigenvalue weighted by molar-refractivity contribution is -0.176. The predicted molar refractivity (Wildman–Crippen MR) is 112 cm³/mol. The molecule has 2 rings (SSSR count). The van der Waals surface area contributed by atoms with E-state index in [1.54, 1.807) is 6.07 Å². The lowest BCUT2D eigenvalue weighted by Crippen LogP contribution is -2.32. The number of benzene rings is 1. The van der Waals surface area contributed by atoms with Gasteiger partial charge in [-0.1, -0.05) is 50.3 Å². The van der Waals surface area contributed by atoms with Crippen molar-refractivity contribution in [3.8, 4) is 5.75 Å². The molecule has 0 saturated heterocycles. The molecule has 0 aromatic heterocycles. The molecule has 4 nitrogen and oxygen atoms in total. The van der Waals surface area contributed by atoms with Gasteiger partial charge in [-0.3, -0.25) is 4.57 Å². The van der Waals surface area contributed by atoms with Crippen LogP contribution in [0.15, 0.2) is 12.1 Å². The summed E-state index contributed by atoms with van der Waals surface area (Å²) in [6, 6.07) is 2.82. The molecule has 0 aliphatic heterocycles.